The third-order valence-electron chi connectivity index (χ3n) is 3.47. The first-order chi connectivity index (χ1) is 10.9. The Balaban J connectivity index is 2.54. The third kappa shape index (κ3) is 3.21. The lowest BCUT2D eigenvalue weighted by atomic mass is 10.0. The molecule has 0 atom stereocenters. The Bertz CT molecular complexity index is 804. The number of aromatic nitrogens is 2. The highest BCUT2D eigenvalue weighted by Gasteiger charge is 2.23. The number of aryl methyl sites for hydroxylation is 2. The highest BCUT2D eigenvalue weighted by Crippen LogP contribution is 2.33. The number of carbonyl (C=O) groups is 1. The lowest BCUT2D eigenvalue weighted by Gasteiger charge is -2.11. The molecule has 1 heterocycles. The molecule has 0 aliphatic rings. The number of ketones is 1. The minimum Gasteiger partial charge on any atom is -0.464 e. The van der Waals surface area contributed by atoms with E-state index in [1.807, 2.05) is 13.8 Å². The molecule has 0 unspecified atom stereocenters. The van der Waals surface area contributed by atoms with Crippen molar-refractivity contribution >= 4 is 29.0 Å². The van der Waals surface area contributed by atoms with Crippen molar-refractivity contribution in [3.05, 3.63) is 44.6 Å². The summed E-state index contributed by atoms with van der Waals surface area (Å²) in [7, 11) is 0. The monoisotopic (exact) mass is 350 g/mol. The maximum atomic E-state index is 12.9. The Kier molecular flexibility index (Phi) is 5.35. The highest BCUT2D eigenvalue weighted by atomic mass is 35.5. The zero-order chi connectivity index (χ0) is 17.1. The molecule has 23 heavy (non-hydrogen) atoms. The Morgan fingerprint density at radius 3 is 2.65 bits per heavy atom. The SMILES string of the molecule is C#CCOc1c(C(=O)c2cc(C)c(Cl)c(C)c2Cl)cnn1CC. The van der Waals surface area contributed by atoms with Gasteiger partial charge < -0.3 is 4.74 Å². The summed E-state index contributed by atoms with van der Waals surface area (Å²) in [5.74, 6) is 2.45. The van der Waals surface area contributed by atoms with Crippen LogP contribution in [0.5, 0.6) is 5.88 Å². The number of nitrogens with zero attached hydrogens (tertiary/aromatic N) is 2. The summed E-state index contributed by atoms with van der Waals surface area (Å²) in [6.45, 7) is 6.11. The van der Waals surface area contributed by atoms with Crippen LogP contribution in [0.25, 0.3) is 0 Å². The zero-order valence-corrected chi connectivity index (χ0v) is 14.6. The molecular weight excluding hydrogens is 335 g/mol. The summed E-state index contributed by atoms with van der Waals surface area (Å²) in [6.07, 6.45) is 6.69. The molecule has 0 spiro atoms. The zero-order valence-electron chi connectivity index (χ0n) is 13.1. The van der Waals surface area contributed by atoms with E-state index in [0.717, 1.165) is 5.56 Å². The Morgan fingerprint density at radius 1 is 1.35 bits per heavy atom. The lowest BCUT2D eigenvalue weighted by Crippen LogP contribution is -2.09. The Hall–Kier alpha value is -1.96. The standard InChI is InChI=1S/C17H16Cl2N2O2/c1-5-7-23-17-13(9-20-21(17)6-2)16(22)12-8-10(3)14(18)11(4)15(12)19/h1,8-9H,6-7H2,2-4H3. The van der Waals surface area contributed by atoms with E-state index in [1.165, 1.54) is 6.20 Å². The smallest absolute Gasteiger partial charge is 0.224 e. The van der Waals surface area contributed by atoms with Crippen LogP contribution >= 0.6 is 23.2 Å². The molecule has 6 heteroatoms. The Morgan fingerprint density at radius 2 is 2.04 bits per heavy atom. The molecule has 0 bridgehead atoms. The molecule has 2 rings (SSSR count). The van der Waals surface area contributed by atoms with Crippen molar-refractivity contribution in [2.75, 3.05) is 6.61 Å². The van der Waals surface area contributed by atoms with Gasteiger partial charge in [-0.25, -0.2) is 4.68 Å². The van der Waals surface area contributed by atoms with Crippen molar-refractivity contribution in [2.45, 2.75) is 27.3 Å². The molecule has 0 aliphatic heterocycles. The summed E-state index contributed by atoms with van der Waals surface area (Å²) < 4.78 is 7.07. The van der Waals surface area contributed by atoms with E-state index >= 15 is 0 Å². The number of benzene rings is 1. The average Bonchev–Trinajstić information content (AvgIpc) is 2.96. The number of hydrogen-bond donors (Lipinski definition) is 0. The van der Waals surface area contributed by atoms with Gasteiger partial charge in [-0.15, -0.1) is 6.42 Å². The molecule has 1 aromatic heterocycles. The van der Waals surface area contributed by atoms with Crippen molar-refractivity contribution in [3.8, 4) is 18.2 Å². The summed E-state index contributed by atoms with van der Waals surface area (Å²) in [6, 6.07) is 1.67. The number of terminal acetylenes is 1. The van der Waals surface area contributed by atoms with E-state index in [-0.39, 0.29) is 12.4 Å². The second kappa shape index (κ2) is 7.08. The number of hydrogen-bond acceptors (Lipinski definition) is 3. The molecule has 0 radical (unpaired) electrons. The van der Waals surface area contributed by atoms with Crippen LogP contribution < -0.4 is 4.74 Å². The fraction of sp³-hybridized carbons (Fsp3) is 0.294. The quantitative estimate of drug-likeness (QED) is 0.603. The molecule has 0 saturated carbocycles. The number of carbonyl (C=O) groups excluding carboxylic acids is 1. The fourth-order valence-corrected chi connectivity index (χ4v) is 2.70. The van der Waals surface area contributed by atoms with Gasteiger partial charge in [0, 0.05) is 17.1 Å². The van der Waals surface area contributed by atoms with Crippen LogP contribution in [0.1, 0.15) is 34.0 Å². The van der Waals surface area contributed by atoms with E-state index in [1.54, 1.807) is 17.7 Å². The van der Waals surface area contributed by atoms with E-state index in [4.69, 9.17) is 34.4 Å². The van der Waals surface area contributed by atoms with Gasteiger partial charge in [-0.2, -0.15) is 5.10 Å². The van der Waals surface area contributed by atoms with Crippen molar-refractivity contribution in [2.24, 2.45) is 0 Å². The van der Waals surface area contributed by atoms with Crippen LogP contribution in [0.2, 0.25) is 10.0 Å². The van der Waals surface area contributed by atoms with E-state index in [9.17, 15) is 4.79 Å². The van der Waals surface area contributed by atoms with Gasteiger partial charge in [-0.05, 0) is 38.0 Å². The summed E-state index contributed by atoms with van der Waals surface area (Å²) in [5, 5.41) is 5.05. The van der Waals surface area contributed by atoms with Crippen LogP contribution in [0, 0.1) is 26.2 Å². The van der Waals surface area contributed by atoms with Gasteiger partial charge in [-0.3, -0.25) is 4.79 Å². The van der Waals surface area contributed by atoms with Crippen LogP contribution in [0.15, 0.2) is 12.3 Å². The largest absolute Gasteiger partial charge is 0.464 e. The molecule has 120 valence electrons. The lowest BCUT2D eigenvalue weighted by molar-refractivity contribution is 0.103. The average molecular weight is 351 g/mol. The molecular formula is C17H16Cl2N2O2. The highest BCUT2D eigenvalue weighted by molar-refractivity contribution is 6.39. The van der Waals surface area contributed by atoms with E-state index in [0.29, 0.717) is 39.2 Å². The fourth-order valence-electron chi connectivity index (χ4n) is 2.27. The minimum absolute atomic E-state index is 0.0539. The second-order valence-corrected chi connectivity index (χ2v) is 5.75. The molecule has 4 nitrogen and oxygen atoms in total. The van der Waals surface area contributed by atoms with Crippen molar-refractivity contribution in [3.63, 3.8) is 0 Å². The first-order valence-electron chi connectivity index (χ1n) is 7.04. The maximum absolute atomic E-state index is 12.9. The van der Waals surface area contributed by atoms with Crippen molar-refractivity contribution in [1.82, 2.24) is 9.78 Å². The molecule has 1 aromatic carbocycles. The predicted molar refractivity (Wildman–Crippen MR) is 91.6 cm³/mol. The van der Waals surface area contributed by atoms with E-state index < -0.39 is 0 Å². The van der Waals surface area contributed by atoms with Crippen molar-refractivity contribution in [1.29, 1.82) is 0 Å². The van der Waals surface area contributed by atoms with Gasteiger partial charge in [0.15, 0.2) is 6.61 Å². The summed E-state index contributed by atoms with van der Waals surface area (Å²) >= 11 is 12.5. The predicted octanol–water partition coefficient (Wildman–Crippen LogP) is 4.07. The van der Waals surface area contributed by atoms with Gasteiger partial charge in [-0.1, -0.05) is 29.1 Å². The summed E-state index contributed by atoms with van der Waals surface area (Å²) in [4.78, 5) is 12.9. The van der Waals surface area contributed by atoms with Gasteiger partial charge >= 0.3 is 0 Å². The van der Waals surface area contributed by atoms with Gasteiger partial charge in [0.25, 0.3) is 0 Å². The molecule has 0 N–H and O–H groups in total. The van der Waals surface area contributed by atoms with Gasteiger partial charge in [0.1, 0.15) is 5.56 Å². The Labute approximate surface area is 145 Å². The number of halogens is 2. The van der Waals surface area contributed by atoms with Gasteiger partial charge in [0.05, 0.1) is 11.2 Å². The van der Waals surface area contributed by atoms with E-state index in [2.05, 4.69) is 11.0 Å². The first-order valence-corrected chi connectivity index (χ1v) is 7.79. The van der Waals surface area contributed by atoms with Crippen LogP contribution in [0.4, 0.5) is 0 Å². The molecule has 0 fully saturated rings. The van der Waals surface area contributed by atoms with Crippen molar-refractivity contribution < 1.29 is 9.53 Å². The molecule has 0 saturated heterocycles. The van der Waals surface area contributed by atoms with Gasteiger partial charge in [0.2, 0.25) is 11.7 Å². The number of ether oxygens (including phenoxy) is 1. The minimum atomic E-state index is -0.274. The maximum Gasteiger partial charge on any atom is 0.224 e. The number of rotatable bonds is 5. The third-order valence-corrected chi connectivity index (χ3v) is 4.54. The van der Waals surface area contributed by atoms with Crippen LogP contribution in [-0.2, 0) is 6.54 Å². The normalized spacial score (nSPS) is 10.4. The second-order valence-electron chi connectivity index (χ2n) is 5.00. The first kappa shape index (κ1) is 17.4. The molecule has 2 aromatic rings. The van der Waals surface area contributed by atoms with Crippen LogP contribution in [0.3, 0.4) is 0 Å². The summed E-state index contributed by atoms with van der Waals surface area (Å²) in [5.41, 5.74) is 2.15. The molecule has 0 aliphatic carbocycles. The molecule has 0 amide bonds. The van der Waals surface area contributed by atoms with Crippen LogP contribution in [-0.4, -0.2) is 22.2 Å². The topological polar surface area (TPSA) is 44.1 Å².